The van der Waals surface area contributed by atoms with Crippen molar-refractivity contribution >= 4 is 21.8 Å². The van der Waals surface area contributed by atoms with Gasteiger partial charge in [0.15, 0.2) is 0 Å². The van der Waals surface area contributed by atoms with Crippen LogP contribution in [0.3, 0.4) is 0 Å². The maximum atomic E-state index is 12.3. The second kappa shape index (κ2) is 8.82. The van der Waals surface area contributed by atoms with Crippen molar-refractivity contribution < 1.29 is 9.53 Å². The van der Waals surface area contributed by atoms with E-state index < -0.39 is 0 Å². The minimum absolute atomic E-state index is 0.0842. The summed E-state index contributed by atoms with van der Waals surface area (Å²) in [6, 6.07) is 17.6. The molecule has 2 unspecified atom stereocenters. The molecular formula is C18H21BrN2O2. The van der Waals surface area contributed by atoms with Crippen molar-refractivity contribution in [1.82, 2.24) is 5.32 Å². The van der Waals surface area contributed by atoms with E-state index >= 15 is 0 Å². The van der Waals surface area contributed by atoms with Gasteiger partial charge in [-0.3, -0.25) is 4.79 Å². The van der Waals surface area contributed by atoms with E-state index in [0.717, 1.165) is 15.6 Å². The van der Waals surface area contributed by atoms with Crippen molar-refractivity contribution in [2.45, 2.75) is 18.6 Å². The topological polar surface area (TPSA) is 64.3 Å². The van der Waals surface area contributed by atoms with Gasteiger partial charge in [0.25, 0.3) is 0 Å². The summed E-state index contributed by atoms with van der Waals surface area (Å²) in [4.78, 5) is 12.3. The van der Waals surface area contributed by atoms with Gasteiger partial charge in [-0.1, -0.05) is 58.4 Å². The summed E-state index contributed by atoms with van der Waals surface area (Å²) < 4.78 is 6.19. The van der Waals surface area contributed by atoms with E-state index in [0.29, 0.717) is 6.54 Å². The van der Waals surface area contributed by atoms with E-state index in [1.807, 2.05) is 54.6 Å². The van der Waals surface area contributed by atoms with Crippen LogP contribution in [-0.2, 0) is 9.53 Å². The van der Waals surface area contributed by atoms with E-state index in [-0.39, 0.29) is 24.5 Å². The first kappa shape index (κ1) is 17.7. The Labute approximate surface area is 145 Å². The highest BCUT2D eigenvalue weighted by atomic mass is 79.9. The molecule has 2 atom stereocenters. The van der Waals surface area contributed by atoms with Gasteiger partial charge >= 0.3 is 0 Å². The molecule has 5 heteroatoms. The number of hydrogen-bond acceptors (Lipinski definition) is 3. The molecule has 0 aliphatic heterocycles. The molecule has 2 rings (SSSR count). The van der Waals surface area contributed by atoms with Crippen LogP contribution < -0.4 is 11.1 Å². The highest BCUT2D eigenvalue weighted by Crippen LogP contribution is 2.24. The Morgan fingerprint density at radius 3 is 2.30 bits per heavy atom. The molecule has 0 bridgehead atoms. The molecule has 0 aliphatic carbocycles. The number of nitrogens with two attached hydrogens (primary N) is 1. The average molecular weight is 377 g/mol. The van der Waals surface area contributed by atoms with Crippen molar-refractivity contribution in [3.63, 3.8) is 0 Å². The maximum Gasteiger partial charge on any atom is 0.223 e. The first-order valence-electron chi connectivity index (χ1n) is 7.46. The number of ether oxygens (including phenoxy) is 1. The van der Waals surface area contributed by atoms with Crippen molar-refractivity contribution in [2.24, 2.45) is 5.73 Å². The molecule has 4 nitrogen and oxygen atoms in total. The lowest BCUT2D eigenvalue weighted by atomic mass is 9.98. The lowest BCUT2D eigenvalue weighted by Crippen LogP contribution is -2.34. The number of carbonyl (C=O) groups is 1. The quantitative estimate of drug-likeness (QED) is 0.780. The van der Waals surface area contributed by atoms with Gasteiger partial charge in [0.05, 0.1) is 18.6 Å². The highest BCUT2D eigenvalue weighted by Gasteiger charge is 2.19. The molecule has 0 aromatic heterocycles. The van der Waals surface area contributed by atoms with E-state index in [1.54, 1.807) is 7.11 Å². The standard InChI is InChI=1S/C18H21BrN2O2/c1-23-16(12-20)11-17(22)21-18(13-5-3-2-4-6-13)14-7-9-15(19)10-8-14/h2-10,16,18H,11-12,20H2,1H3,(H,21,22). The molecule has 0 spiro atoms. The van der Waals surface area contributed by atoms with Gasteiger partial charge in [-0.05, 0) is 23.3 Å². The molecule has 0 aliphatic rings. The second-order valence-electron chi connectivity index (χ2n) is 5.26. The number of amides is 1. The molecule has 2 aromatic rings. The number of hydrogen-bond donors (Lipinski definition) is 2. The van der Waals surface area contributed by atoms with Crippen LogP contribution in [0.1, 0.15) is 23.6 Å². The third-order valence-electron chi connectivity index (χ3n) is 3.65. The molecule has 0 radical (unpaired) electrons. The van der Waals surface area contributed by atoms with E-state index in [9.17, 15) is 4.79 Å². The zero-order valence-electron chi connectivity index (χ0n) is 13.0. The number of halogens is 1. The number of carbonyl (C=O) groups excluding carboxylic acids is 1. The van der Waals surface area contributed by atoms with Crippen LogP contribution in [0.5, 0.6) is 0 Å². The lowest BCUT2D eigenvalue weighted by molar-refractivity contribution is -0.123. The minimum atomic E-state index is -0.267. The van der Waals surface area contributed by atoms with Crippen LogP contribution in [0.15, 0.2) is 59.1 Å². The zero-order valence-corrected chi connectivity index (χ0v) is 14.6. The van der Waals surface area contributed by atoms with Crippen LogP contribution in [0.2, 0.25) is 0 Å². The summed E-state index contributed by atoms with van der Waals surface area (Å²) in [5.74, 6) is -0.0842. The fraction of sp³-hybridized carbons (Fsp3) is 0.278. The number of benzene rings is 2. The molecule has 122 valence electrons. The summed E-state index contributed by atoms with van der Waals surface area (Å²) in [7, 11) is 1.56. The molecular weight excluding hydrogens is 356 g/mol. The summed E-state index contributed by atoms with van der Waals surface area (Å²) in [6.45, 7) is 0.318. The molecule has 1 amide bonds. The normalized spacial score (nSPS) is 13.3. The average Bonchev–Trinajstić information content (AvgIpc) is 2.59. The predicted octanol–water partition coefficient (Wildman–Crippen LogP) is 3.02. The molecule has 0 fully saturated rings. The third kappa shape index (κ3) is 5.16. The largest absolute Gasteiger partial charge is 0.380 e. The lowest BCUT2D eigenvalue weighted by Gasteiger charge is -2.21. The van der Waals surface area contributed by atoms with Gasteiger partial charge < -0.3 is 15.8 Å². The molecule has 3 N–H and O–H groups in total. The summed E-state index contributed by atoms with van der Waals surface area (Å²) in [5.41, 5.74) is 7.65. The number of methoxy groups -OCH3 is 1. The van der Waals surface area contributed by atoms with Crippen LogP contribution in [0.25, 0.3) is 0 Å². The van der Waals surface area contributed by atoms with Crippen molar-refractivity contribution in [3.8, 4) is 0 Å². The Kier molecular flexibility index (Phi) is 6.77. The molecule has 23 heavy (non-hydrogen) atoms. The minimum Gasteiger partial charge on any atom is -0.380 e. The van der Waals surface area contributed by atoms with Crippen LogP contribution in [-0.4, -0.2) is 25.7 Å². The smallest absolute Gasteiger partial charge is 0.223 e. The van der Waals surface area contributed by atoms with Gasteiger partial charge in [0.1, 0.15) is 0 Å². The molecule has 0 saturated heterocycles. The summed E-state index contributed by atoms with van der Waals surface area (Å²) >= 11 is 3.44. The highest BCUT2D eigenvalue weighted by molar-refractivity contribution is 9.10. The first-order valence-corrected chi connectivity index (χ1v) is 8.26. The van der Waals surface area contributed by atoms with E-state index in [2.05, 4.69) is 21.2 Å². The van der Waals surface area contributed by atoms with Gasteiger partial charge in [-0.15, -0.1) is 0 Å². The maximum absolute atomic E-state index is 12.3. The van der Waals surface area contributed by atoms with Gasteiger partial charge in [-0.2, -0.15) is 0 Å². The Bertz CT molecular complexity index is 613. The van der Waals surface area contributed by atoms with Crippen LogP contribution in [0, 0.1) is 0 Å². The van der Waals surface area contributed by atoms with Crippen molar-refractivity contribution in [2.75, 3.05) is 13.7 Å². The Hall–Kier alpha value is -1.69. The fourth-order valence-corrected chi connectivity index (χ4v) is 2.61. The van der Waals surface area contributed by atoms with Crippen molar-refractivity contribution in [1.29, 1.82) is 0 Å². The molecule has 2 aromatic carbocycles. The number of rotatable bonds is 7. The van der Waals surface area contributed by atoms with Gasteiger partial charge in [-0.25, -0.2) is 0 Å². The zero-order chi connectivity index (χ0) is 16.7. The van der Waals surface area contributed by atoms with Crippen molar-refractivity contribution in [3.05, 3.63) is 70.2 Å². The van der Waals surface area contributed by atoms with E-state index in [4.69, 9.17) is 10.5 Å². The summed E-state index contributed by atoms with van der Waals surface area (Å²) in [5, 5.41) is 3.08. The van der Waals surface area contributed by atoms with E-state index in [1.165, 1.54) is 0 Å². The van der Waals surface area contributed by atoms with Crippen LogP contribution >= 0.6 is 15.9 Å². The first-order chi connectivity index (χ1) is 11.1. The fourth-order valence-electron chi connectivity index (χ4n) is 2.35. The van der Waals surface area contributed by atoms with Gasteiger partial charge in [0.2, 0.25) is 5.91 Å². The van der Waals surface area contributed by atoms with Gasteiger partial charge in [0, 0.05) is 18.1 Å². The predicted molar refractivity (Wildman–Crippen MR) is 95.0 cm³/mol. The third-order valence-corrected chi connectivity index (χ3v) is 4.18. The molecule has 0 heterocycles. The Morgan fingerprint density at radius 2 is 1.74 bits per heavy atom. The second-order valence-corrected chi connectivity index (χ2v) is 6.18. The Balaban J connectivity index is 2.21. The number of nitrogens with one attached hydrogen (secondary N) is 1. The summed E-state index contributed by atoms with van der Waals surface area (Å²) in [6.07, 6.45) is -0.0244. The molecule has 0 saturated carbocycles. The Morgan fingerprint density at radius 1 is 1.13 bits per heavy atom. The van der Waals surface area contributed by atoms with Crippen LogP contribution in [0.4, 0.5) is 0 Å². The monoisotopic (exact) mass is 376 g/mol. The SMILES string of the molecule is COC(CN)CC(=O)NC(c1ccccc1)c1ccc(Br)cc1.